The van der Waals surface area contributed by atoms with E-state index in [0.717, 1.165) is 35.8 Å². The quantitative estimate of drug-likeness (QED) is 0.447. The number of likely N-dealkylation sites (N-methyl/N-ethyl adjacent to an activating group) is 1. The number of nitrogens with zero attached hydrogens (tertiary/aromatic N) is 3. The second-order valence-corrected chi connectivity index (χ2v) is 10.2. The van der Waals surface area contributed by atoms with Gasteiger partial charge >= 0.3 is 0 Å². The van der Waals surface area contributed by atoms with Gasteiger partial charge in [0.1, 0.15) is 0 Å². The Kier molecular flexibility index (Phi) is 6.95. The first-order valence-corrected chi connectivity index (χ1v) is 12.8. The van der Waals surface area contributed by atoms with E-state index >= 15 is 0 Å². The fourth-order valence-corrected chi connectivity index (χ4v) is 5.67. The first-order chi connectivity index (χ1) is 17.0. The van der Waals surface area contributed by atoms with Gasteiger partial charge < -0.3 is 9.80 Å². The Balaban J connectivity index is 1.28. The largest absolute Gasteiger partial charge is 0.336 e. The Bertz CT molecular complexity index is 1290. The van der Waals surface area contributed by atoms with Crippen molar-refractivity contribution in [3.05, 3.63) is 99.4 Å². The van der Waals surface area contributed by atoms with E-state index < -0.39 is 0 Å². The third-order valence-corrected chi connectivity index (χ3v) is 7.82. The number of carbonyl (C=O) groups excluding carboxylic acids is 2. The first-order valence-electron chi connectivity index (χ1n) is 11.6. The second kappa shape index (κ2) is 10.3. The van der Waals surface area contributed by atoms with Gasteiger partial charge in [0.2, 0.25) is 0 Å². The lowest BCUT2D eigenvalue weighted by molar-refractivity contribution is -0.114. The second-order valence-electron chi connectivity index (χ2n) is 8.73. The van der Waals surface area contributed by atoms with Gasteiger partial charge in [-0.05, 0) is 41.5 Å². The van der Waals surface area contributed by atoms with Gasteiger partial charge in [0.15, 0.2) is 0 Å². The average molecular weight is 504 g/mol. The minimum absolute atomic E-state index is 0.00964. The van der Waals surface area contributed by atoms with Gasteiger partial charge in [0.25, 0.3) is 11.8 Å². The molecule has 0 saturated carbocycles. The zero-order valence-electron chi connectivity index (χ0n) is 19.5. The molecule has 1 fully saturated rings. The van der Waals surface area contributed by atoms with Gasteiger partial charge in [-0.2, -0.15) is 0 Å². The summed E-state index contributed by atoms with van der Waals surface area (Å²) >= 11 is 7.69. The monoisotopic (exact) mass is 503 g/mol. The highest BCUT2D eigenvalue weighted by atomic mass is 35.5. The minimum atomic E-state index is -0.110. The van der Waals surface area contributed by atoms with Crippen molar-refractivity contribution >= 4 is 46.9 Å². The van der Waals surface area contributed by atoms with Crippen LogP contribution >= 0.6 is 23.4 Å². The predicted molar refractivity (Wildman–Crippen MR) is 143 cm³/mol. The Labute approximate surface area is 215 Å². The standard InChI is InChI=1S/C28H26ClN3O2S/c1-30-24-17-22(27(33)32-15-13-31(14-16-32)19-20-7-3-2-4-8-20)11-12-25(24)35-26(28(30)34)18-21-9-5-6-10-23(21)29/h2-12,17-18H,13-16,19H2,1H3. The number of anilines is 1. The van der Waals surface area contributed by atoms with Crippen LogP contribution in [0.2, 0.25) is 5.02 Å². The third kappa shape index (κ3) is 5.15. The van der Waals surface area contributed by atoms with Crippen LogP contribution in [-0.2, 0) is 11.3 Å². The zero-order chi connectivity index (χ0) is 24.4. The fourth-order valence-electron chi connectivity index (χ4n) is 4.39. The van der Waals surface area contributed by atoms with Gasteiger partial charge in [0.05, 0.1) is 10.6 Å². The molecule has 0 spiro atoms. The Morgan fingerprint density at radius 3 is 2.43 bits per heavy atom. The van der Waals surface area contributed by atoms with Crippen molar-refractivity contribution in [2.45, 2.75) is 11.4 Å². The number of piperazine rings is 1. The van der Waals surface area contributed by atoms with Gasteiger partial charge in [-0.15, -0.1) is 0 Å². The summed E-state index contributed by atoms with van der Waals surface area (Å²) in [4.78, 5) is 33.8. The number of hydrogen-bond acceptors (Lipinski definition) is 4. The molecule has 7 heteroatoms. The van der Waals surface area contributed by atoms with Crippen LogP contribution in [0.4, 0.5) is 5.69 Å². The lowest BCUT2D eigenvalue weighted by Gasteiger charge is -2.35. The number of rotatable bonds is 4. The van der Waals surface area contributed by atoms with E-state index in [9.17, 15) is 9.59 Å². The molecular weight excluding hydrogens is 478 g/mol. The molecule has 5 rings (SSSR count). The lowest BCUT2D eigenvalue weighted by atomic mass is 10.1. The number of benzene rings is 3. The van der Waals surface area contributed by atoms with E-state index in [-0.39, 0.29) is 11.8 Å². The van der Waals surface area contributed by atoms with Crippen molar-refractivity contribution < 1.29 is 9.59 Å². The summed E-state index contributed by atoms with van der Waals surface area (Å²) in [6, 6.07) is 23.5. The Hall–Kier alpha value is -3.06. The van der Waals surface area contributed by atoms with Gasteiger partial charge in [-0.3, -0.25) is 14.5 Å². The summed E-state index contributed by atoms with van der Waals surface area (Å²) in [5, 5.41) is 0.603. The minimum Gasteiger partial charge on any atom is -0.336 e. The van der Waals surface area contributed by atoms with Crippen LogP contribution in [-0.4, -0.2) is 54.8 Å². The molecular formula is C28H26ClN3O2S. The molecule has 0 bridgehead atoms. The number of amides is 2. The molecule has 35 heavy (non-hydrogen) atoms. The summed E-state index contributed by atoms with van der Waals surface area (Å²) in [6.45, 7) is 3.97. The van der Waals surface area contributed by atoms with Crippen LogP contribution in [0.3, 0.4) is 0 Å². The molecule has 3 aromatic rings. The van der Waals surface area contributed by atoms with Crippen molar-refractivity contribution in [3.63, 3.8) is 0 Å². The third-order valence-electron chi connectivity index (χ3n) is 6.40. The van der Waals surface area contributed by atoms with Crippen LogP contribution in [0.1, 0.15) is 21.5 Å². The lowest BCUT2D eigenvalue weighted by Crippen LogP contribution is -2.48. The number of halogens is 1. The highest BCUT2D eigenvalue weighted by molar-refractivity contribution is 8.04. The van der Waals surface area contributed by atoms with Crippen molar-refractivity contribution in [2.24, 2.45) is 0 Å². The number of thioether (sulfide) groups is 1. The molecule has 0 atom stereocenters. The van der Waals surface area contributed by atoms with Crippen LogP contribution in [0.5, 0.6) is 0 Å². The smallest absolute Gasteiger partial charge is 0.264 e. The highest BCUT2D eigenvalue weighted by Gasteiger charge is 2.29. The molecule has 0 N–H and O–H groups in total. The van der Waals surface area contributed by atoms with Crippen molar-refractivity contribution in [3.8, 4) is 0 Å². The maximum atomic E-state index is 13.3. The molecule has 1 saturated heterocycles. The molecule has 178 valence electrons. The summed E-state index contributed by atoms with van der Waals surface area (Å²) in [5.74, 6) is -0.100. The molecule has 3 aromatic carbocycles. The summed E-state index contributed by atoms with van der Waals surface area (Å²) in [5.41, 5.74) is 3.46. The molecule has 2 aliphatic heterocycles. The van der Waals surface area contributed by atoms with Crippen molar-refractivity contribution in [1.82, 2.24) is 9.80 Å². The fraction of sp³-hybridized carbons (Fsp3) is 0.214. The Morgan fingerprint density at radius 2 is 1.69 bits per heavy atom. The zero-order valence-corrected chi connectivity index (χ0v) is 21.1. The normalized spacial score (nSPS) is 17.5. The molecule has 2 aliphatic rings. The predicted octanol–water partition coefficient (Wildman–Crippen LogP) is 5.41. The Morgan fingerprint density at radius 1 is 0.971 bits per heavy atom. The van der Waals surface area contributed by atoms with Crippen LogP contribution in [0.15, 0.2) is 82.6 Å². The number of hydrogen-bond donors (Lipinski definition) is 0. The molecule has 0 unspecified atom stereocenters. The molecule has 0 aromatic heterocycles. The summed E-state index contributed by atoms with van der Waals surface area (Å²) < 4.78 is 0. The van der Waals surface area contributed by atoms with E-state index in [1.807, 2.05) is 59.5 Å². The topological polar surface area (TPSA) is 43.9 Å². The summed E-state index contributed by atoms with van der Waals surface area (Å²) in [7, 11) is 1.75. The SMILES string of the molecule is CN1C(=O)C(=Cc2ccccc2Cl)Sc2ccc(C(=O)N3CCN(Cc4ccccc4)CC3)cc21. The molecule has 2 amide bonds. The maximum absolute atomic E-state index is 13.3. The maximum Gasteiger partial charge on any atom is 0.264 e. The van der Waals surface area contributed by atoms with Crippen LogP contribution in [0, 0.1) is 0 Å². The molecule has 0 aliphatic carbocycles. The molecule has 0 radical (unpaired) electrons. The molecule has 2 heterocycles. The van der Waals surface area contributed by atoms with E-state index in [4.69, 9.17) is 11.6 Å². The first kappa shape index (κ1) is 23.7. The number of fused-ring (bicyclic) bond motifs is 1. The van der Waals surface area contributed by atoms with E-state index in [2.05, 4.69) is 29.2 Å². The summed E-state index contributed by atoms with van der Waals surface area (Å²) in [6.07, 6.45) is 1.82. The number of carbonyl (C=O) groups is 2. The van der Waals surface area contributed by atoms with Crippen LogP contribution < -0.4 is 4.90 Å². The van der Waals surface area contributed by atoms with E-state index in [0.29, 0.717) is 28.6 Å². The van der Waals surface area contributed by atoms with Gasteiger partial charge in [-0.25, -0.2) is 0 Å². The average Bonchev–Trinajstić information content (AvgIpc) is 2.89. The van der Waals surface area contributed by atoms with Gasteiger partial charge in [0, 0.05) is 55.3 Å². The van der Waals surface area contributed by atoms with Crippen LogP contribution in [0.25, 0.3) is 6.08 Å². The van der Waals surface area contributed by atoms with Crippen molar-refractivity contribution in [1.29, 1.82) is 0 Å². The van der Waals surface area contributed by atoms with Crippen molar-refractivity contribution in [2.75, 3.05) is 38.1 Å². The van der Waals surface area contributed by atoms with E-state index in [1.165, 1.54) is 17.3 Å². The highest BCUT2D eigenvalue weighted by Crippen LogP contribution is 2.42. The van der Waals surface area contributed by atoms with E-state index in [1.54, 1.807) is 11.9 Å². The van der Waals surface area contributed by atoms with Gasteiger partial charge in [-0.1, -0.05) is 71.9 Å². The molecule has 5 nitrogen and oxygen atoms in total.